The Kier molecular flexibility index (Phi) is 6.64. The van der Waals surface area contributed by atoms with Gasteiger partial charge in [0, 0.05) is 23.0 Å². The molecule has 1 aliphatic rings. The van der Waals surface area contributed by atoms with Crippen molar-refractivity contribution in [1.29, 1.82) is 0 Å². The van der Waals surface area contributed by atoms with Gasteiger partial charge in [0.2, 0.25) is 5.91 Å². The van der Waals surface area contributed by atoms with Crippen molar-refractivity contribution in [1.82, 2.24) is 10.2 Å². The molecule has 0 aliphatic carbocycles. The summed E-state index contributed by atoms with van der Waals surface area (Å²) in [5.74, 6) is 0.246. The van der Waals surface area contributed by atoms with Crippen molar-refractivity contribution in [3.8, 4) is 0 Å². The zero-order valence-electron chi connectivity index (χ0n) is 15.5. The van der Waals surface area contributed by atoms with Crippen LogP contribution in [0.4, 0.5) is 0 Å². The number of amides is 1. The van der Waals surface area contributed by atoms with Gasteiger partial charge in [-0.2, -0.15) is 0 Å². The van der Waals surface area contributed by atoms with Gasteiger partial charge in [-0.1, -0.05) is 60.1 Å². The van der Waals surface area contributed by atoms with E-state index in [1.54, 1.807) is 0 Å². The summed E-state index contributed by atoms with van der Waals surface area (Å²) in [6.07, 6.45) is 1.58. The van der Waals surface area contributed by atoms with Crippen LogP contribution in [0.5, 0.6) is 0 Å². The maximum Gasteiger partial charge on any atom is 0.237 e. The monoisotopic (exact) mass is 384 g/mol. The van der Waals surface area contributed by atoms with Crippen molar-refractivity contribution in [2.24, 2.45) is 5.92 Å². The molecule has 4 nitrogen and oxygen atoms in total. The maximum absolute atomic E-state index is 12.6. The van der Waals surface area contributed by atoms with Crippen LogP contribution in [0, 0.1) is 5.92 Å². The Morgan fingerprint density at radius 1 is 1.07 bits per heavy atom. The fourth-order valence-electron chi connectivity index (χ4n) is 3.52. The highest BCUT2D eigenvalue weighted by molar-refractivity contribution is 6.31. The number of carbonyl (C=O) groups is 2. The van der Waals surface area contributed by atoms with Gasteiger partial charge < -0.3 is 5.32 Å². The lowest BCUT2D eigenvalue weighted by molar-refractivity contribution is -0.126. The number of nitrogens with one attached hydrogen (secondary N) is 1. The molecule has 3 rings (SSSR count). The molecule has 1 aliphatic heterocycles. The number of hydrogen-bond donors (Lipinski definition) is 1. The van der Waals surface area contributed by atoms with Crippen LogP contribution in [-0.2, 0) is 11.3 Å². The molecule has 1 heterocycles. The summed E-state index contributed by atoms with van der Waals surface area (Å²) in [6, 6.07) is 16.8. The summed E-state index contributed by atoms with van der Waals surface area (Å²) >= 11 is 6.14. The van der Waals surface area contributed by atoms with Gasteiger partial charge in [0.1, 0.15) is 0 Å². The molecule has 1 unspecified atom stereocenters. The molecule has 1 amide bonds. The van der Waals surface area contributed by atoms with Crippen molar-refractivity contribution in [2.45, 2.75) is 32.4 Å². The Morgan fingerprint density at radius 3 is 2.37 bits per heavy atom. The maximum atomic E-state index is 12.6. The van der Waals surface area contributed by atoms with Crippen LogP contribution in [-0.4, -0.2) is 35.7 Å². The highest BCUT2D eigenvalue weighted by atomic mass is 35.5. The predicted octanol–water partition coefficient (Wildman–Crippen LogP) is 3.94. The van der Waals surface area contributed by atoms with Gasteiger partial charge in [-0.15, -0.1) is 0 Å². The third-order valence-corrected chi connectivity index (χ3v) is 5.67. The van der Waals surface area contributed by atoms with Crippen molar-refractivity contribution < 1.29 is 9.59 Å². The van der Waals surface area contributed by atoms with E-state index in [9.17, 15) is 9.59 Å². The van der Waals surface area contributed by atoms with Crippen LogP contribution in [0.1, 0.15) is 35.7 Å². The first-order valence-corrected chi connectivity index (χ1v) is 9.78. The van der Waals surface area contributed by atoms with E-state index in [4.69, 9.17) is 11.6 Å². The second kappa shape index (κ2) is 9.16. The molecule has 27 heavy (non-hydrogen) atoms. The molecule has 5 heteroatoms. The smallest absolute Gasteiger partial charge is 0.237 e. The molecular formula is C22H25ClN2O2. The SMILES string of the molecule is CC(C(=O)NCc1ccccc1Cl)N1CCC(C(=O)c2ccccc2)CC1. The molecule has 2 aromatic rings. The number of nitrogens with zero attached hydrogens (tertiary/aromatic N) is 1. The van der Waals surface area contributed by atoms with Gasteiger partial charge in [0.15, 0.2) is 5.78 Å². The third kappa shape index (κ3) is 4.96. The Bertz CT molecular complexity index is 786. The van der Waals surface area contributed by atoms with Gasteiger partial charge in [0.25, 0.3) is 0 Å². The lowest BCUT2D eigenvalue weighted by Gasteiger charge is -2.34. The summed E-state index contributed by atoms with van der Waals surface area (Å²) in [4.78, 5) is 27.2. The van der Waals surface area contributed by atoms with E-state index in [-0.39, 0.29) is 23.7 Å². The van der Waals surface area contributed by atoms with E-state index in [1.165, 1.54) is 0 Å². The van der Waals surface area contributed by atoms with Gasteiger partial charge in [-0.3, -0.25) is 14.5 Å². The Labute approximate surface area is 165 Å². The van der Waals surface area contributed by atoms with Crippen molar-refractivity contribution in [3.05, 3.63) is 70.7 Å². The molecule has 2 aromatic carbocycles. The first-order chi connectivity index (χ1) is 13.1. The molecule has 0 bridgehead atoms. The summed E-state index contributed by atoms with van der Waals surface area (Å²) in [7, 11) is 0. The summed E-state index contributed by atoms with van der Waals surface area (Å²) < 4.78 is 0. The molecular weight excluding hydrogens is 360 g/mol. The number of carbonyl (C=O) groups excluding carboxylic acids is 2. The average molecular weight is 385 g/mol. The molecule has 1 fully saturated rings. The fourth-order valence-corrected chi connectivity index (χ4v) is 3.73. The standard InChI is InChI=1S/C22H25ClN2O2/c1-16(22(27)24-15-19-9-5-6-10-20(19)23)25-13-11-18(12-14-25)21(26)17-7-3-2-4-8-17/h2-10,16,18H,11-15H2,1H3,(H,24,27). The molecule has 1 N–H and O–H groups in total. The first kappa shape index (κ1) is 19.6. The topological polar surface area (TPSA) is 49.4 Å². The minimum atomic E-state index is -0.222. The molecule has 142 valence electrons. The zero-order chi connectivity index (χ0) is 19.2. The van der Waals surface area contributed by atoms with Crippen LogP contribution < -0.4 is 5.32 Å². The van der Waals surface area contributed by atoms with Gasteiger partial charge in [-0.25, -0.2) is 0 Å². The first-order valence-electron chi connectivity index (χ1n) is 9.40. The highest BCUT2D eigenvalue weighted by Crippen LogP contribution is 2.23. The number of hydrogen-bond acceptors (Lipinski definition) is 3. The quantitative estimate of drug-likeness (QED) is 0.767. The Hall–Kier alpha value is -2.17. The van der Waals surface area contributed by atoms with Crippen LogP contribution in [0.2, 0.25) is 5.02 Å². The number of rotatable bonds is 6. The number of likely N-dealkylation sites (tertiary alicyclic amines) is 1. The number of piperidine rings is 1. The predicted molar refractivity (Wildman–Crippen MR) is 108 cm³/mol. The molecule has 1 atom stereocenters. The molecule has 1 saturated heterocycles. The highest BCUT2D eigenvalue weighted by Gasteiger charge is 2.30. The molecule has 0 radical (unpaired) electrons. The fraction of sp³-hybridized carbons (Fsp3) is 0.364. The van der Waals surface area contributed by atoms with E-state index in [2.05, 4.69) is 10.2 Å². The molecule has 0 aromatic heterocycles. The summed E-state index contributed by atoms with van der Waals surface area (Å²) in [5.41, 5.74) is 1.69. The van der Waals surface area contributed by atoms with Gasteiger partial charge in [-0.05, 0) is 44.5 Å². The Morgan fingerprint density at radius 2 is 1.70 bits per heavy atom. The minimum absolute atomic E-state index is 0.0113. The van der Waals surface area contributed by atoms with Gasteiger partial charge >= 0.3 is 0 Å². The van der Waals surface area contributed by atoms with Crippen molar-refractivity contribution in [2.75, 3.05) is 13.1 Å². The molecule has 0 spiro atoms. The van der Waals surface area contributed by atoms with E-state index < -0.39 is 0 Å². The average Bonchev–Trinajstić information content (AvgIpc) is 2.72. The summed E-state index contributed by atoms with van der Waals surface area (Å²) in [5, 5.41) is 3.62. The Balaban J connectivity index is 1.49. The normalized spacial score (nSPS) is 16.7. The van der Waals surface area contributed by atoms with E-state index >= 15 is 0 Å². The largest absolute Gasteiger partial charge is 0.351 e. The van der Waals surface area contributed by atoms with Crippen molar-refractivity contribution >= 4 is 23.3 Å². The van der Waals surface area contributed by atoms with Gasteiger partial charge in [0.05, 0.1) is 6.04 Å². The lowest BCUT2D eigenvalue weighted by Crippen LogP contribution is -2.48. The molecule has 0 saturated carbocycles. The number of Topliss-reactive ketones (excluding diaryl/α,β-unsaturated/α-hetero) is 1. The van der Waals surface area contributed by atoms with E-state index in [0.717, 1.165) is 37.1 Å². The summed E-state index contributed by atoms with van der Waals surface area (Å²) in [6.45, 7) is 3.85. The van der Waals surface area contributed by atoms with E-state index in [0.29, 0.717) is 11.6 Å². The van der Waals surface area contributed by atoms with Crippen LogP contribution in [0.25, 0.3) is 0 Å². The van der Waals surface area contributed by atoms with Crippen LogP contribution in [0.15, 0.2) is 54.6 Å². The zero-order valence-corrected chi connectivity index (χ0v) is 16.3. The second-order valence-corrected chi connectivity index (χ2v) is 7.43. The second-order valence-electron chi connectivity index (χ2n) is 7.03. The van der Waals surface area contributed by atoms with E-state index in [1.807, 2.05) is 61.5 Å². The van der Waals surface area contributed by atoms with Crippen LogP contribution >= 0.6 is 11.6 Å². The number of halogens is 1. The third-order valence-electron chi connectivity index (χ3n) is 5.30. The number of ketones is 1. The lowest BCUT2D eigenvalue weighted by atomic mass is 9.88. The number of benzene rings is 2. The minimum Gasteiger partial charge on any atom is -0.351 e. The van der Waals surface area contributed by atoms with Crippen LogP contribution in [0.3, 0.4) is 0 Å². The van der Waals surface area contributed by atoms with Crippen molar-refractivity contribution in [3.63, 3.8) is 0 Å².